The van der Waals surface area contributed by atoms with E-state index >= 15 is 0 Å². The maximum absolute atomic E-state index is 13.5. The molecule has 112 valence electrons. The van der Waals surface area contributed by atoms with Crippen LogP contribution < -0.4 is 10.1 Å². The molecule has 0 aliphatic carbocycles. The minimum Gasteiger partial charge on any atom is -0.455 e. The molecule has 0 aliphatic rings. The van der Waals surface area contributed by atoms with Crippen LogP contribution in [-0.4, -0.2) is 6.54 Å². The summed E-state index contributed by atoms with van der Waals surface area (Å²) >= 11 is 12.1. The van der Waals surface area contributed by atoms with Gasteiger partial charge in [0.2, 0.25) is 0 Å². The quantitative estimate of drug-likeness (QED) is 0.772. The van der Waals surface area contributed by atoms with E-state index in [1.54, 1.807) is 24.3 Å². The Morgan fingerprint density at radius 3 is 2.67 bits per heavy atom. The zero-order chi connectivity index (χ0) is 15.4. The Hall–Kier alpha value is -1.29. The highest BCUT2D eigenvalue weighted by molar-refractivity contribution is 6.42. The largest absolute Gasteiger partial charge is 0.455 e. The first-order valence-corrected chi connectivity index (χ1v) is 7.43. The predicted octanol–water partition coefficient (Wildman–Crippen LogP) is 5.60. The summed E-state index contributed by atoms with van der Waals surface area (Å²) in [4.78, 5) is 0. The normalized spacial score (nSPS) is 12.2. The van der Waals surface area contributed by atoms with Gasteiger partial charge >= 0.3 is 0 Å². The van der Waals surface area contributed by atoms with Crippen LogP contribution in [0.5, 0.6) is 11.5 Å². The zero-order valence-electron chi connectivity index (χ0n) is 11.8. The van der Waals surface area contributed by atoms with E-state index in [-0.39, 0.29) is 11.9 Å². The molecule has 0 saturated heterocycles. The molecule has 0 spiro atoms. The molecule has 1 unspecified atom stereocenters. The van der Waals surface area contributed by atoms with Gasteiger partial charge in [-0.1, -0.05) is 36.2 Å². The average Bonchev–Trinajstić information content (AvgIpc) is 2.46. The van der Waals surface area contributed by atoms with Gasteiger partial charge in [0.25, 0.3) is 0 Å². The van der Waals surface area contributed by atoms with Crippen LogP contribution in [0.3, 0.4) is 0 Å². The fourth-order valence-electron chi connectivity index (χ4n) is 2.05. The number of ether oxygens (including phenoxy) is 1. The van der Waals surface area contributed by atoms with Crippen molar-refractivity contribution in [2.75, 3.05) is 6.54 Å². The third-order valence-electron chi connectivity index (χ3n) is 3.08. The lowest BCUT2D eigenvalue weighted by Crippen LogP contribution is -2.18. The number of halogens is 3. The summed E-state index contributed by atoms with van der Waals surface area (Å²) in [7, 11) is 0. The van der Waals surface area contributed by atoms with Gasteiger partial charge in [0.15, 0.2) is 0 Å². The van der Waals surface area contributed by atoms with E-state index in [1.165, 1.54) is 12.1 Å². The monoisotopic (exact) mass is 327 g/mol. The third-order valence-corrected chi connectivity index (χ3v) is 3.89. The molecule has 1 N–H and O–H groups in total. The Morgan fingerprint density at radius 1 is 1.19 bits per heavy atom. The molecule has 0 fully saturated rings. The molecule has 1 atom stereocenters. The Kier molecular flexibility index (Phi) is 5.45. The molecular weight excluding hydrogens is 312 g/mol. The molecule has 2 nitrogen and oxygen atoms in total. The highest BCUT2D eigenvalue weighted by Gasteiger charge is 2.14. The Morgan fingerprint density at radius 2 is 1.95 bits per heavy atom. The second-order valence-corrected chi connectivity index (χ2v) is 5.40. The van der Waals surface area contributed by atoms with Crippen molar-refractivity contribution in [3.05, 3.63) is 57.8 Å². The van der Waals surface area contributed by atoms with Crippen LogP contribution in [-0.2, 0) is 0 Å². The SMILES string of the molecule is CCNC(C)c1cc(F)ccc1Oc1cccc(Cl)c1Cl. The van der Waals surface area contributed by atoms with E-state index in [2.05, 4.69) is 5.32 Å². The fraction of sp³-hybridized carbons (Fsp3) is 0.250. The van der Waals surface area contributed by atoms with Gasteiger partial charge in [-0.15, -0.1) is 0 Å². The van der Waals surface area contributed by atoms with Crippen LogP contribution >= 0.6 is 23.2 Å². The second-order valence-electron chi connectivity index (χ2n) is 4.62. The van der Waals surface area contributed by atoms with Crippen molar-refractivity contribution in [2.45, 2.75) is 19.9 Å². The maximum Gasteiger partial charge on any atom is 0.147 e. The first-order chi connectivity index (χ1) is 10.0. The fourth-order valence-corrected chi connectivity index (χ4v) is 2.38. The maximum atomic E-state index is 13.5. The summed E-state index contributed by atoms with van der Waals surface area (Å²) < 4.78 is 19.3. The molecule has 0 bridgehead atoms. The topological polar surface area (TPSA) is 21.3 Å². The Balaban J connectivity index is 2.37. The van der Waals surface area contributed by atoms with E-state index in [4.69, 9.17) is 27.9 Å². The molecule has 0 aromatic heterocycles. The third kappa shape index (κ3) is 3.88. The van der Waals surface area contributed by atoms with E-state index in [0.717, 1.165) is 12.1 Å². The smallest absolute Gasteiger partial charge is 0.147 e. The van der Waals surface area contributed by atoms with Crippen molar-refractivity contribution in [1.82, 2.24) is 5.32 Å². The summed E-state index contributed by atoms with van der Waals surface area (Å²) in [6.07, 6.45) is 0. The molecule has 0 radical (unpaired) electrons. The van der Waals surface area contributed by atoms with Crippen molar-refractivity contribution >= 4 is 23.2 Å². The van der Waals surface area contributed by atoms with Crippen LogP contribution in [0, 0.1) is 5.82 Å². The lowest BCUT2D eigenvalue weighted by atomic mass is 10.1. The van der Waals surface area contributed by atoms with Crippen LogP contribution in [0.25, 0.3) is 0 Å². The molecule has 0 aliphatic heterocycles. The summed E-state index contributed by atoms with van der Waals surface area (Å²) in [5.74, 6) is 0.689. The summed E-state index contributed by atoms with van der Waals surface area (Å²) in [5, 5.41) is 3.99. The van der Waals surface area contributed by atoms with Crippen molar-refractivity contribution in [1.29, 1.82) is 0 Å². The van der Waals surface area contributed by atoms with Crippen molar-refractivity contribution in [3.63, 3.8) is 0 Å². The van der Waals surface area contributed by atoms with Crippen molar-refractivity contribution < 1.29 is 9.13 Å². The number of nitrogens with one attached hydrogen (secondary N) is 1. The zero-order valence-corrected chi connectivity index (χ0v) is 13.3. The standard InChI is InChI=1S/C16H16Cl2FNO/c1-3-20-10(2)12-9-11(19)7-8-14(12)21-15-6-4-5-13(17)16(15)18/h4-10,20H,3H2,1-2H3. The van der Waals surface area contributed by atoms with Gasteiger partial charge in [-0.25, -0.2) is 4.39 Å². The van der Waals surface area contributed by atoms with Crippen LogP contribution in [0.15, 0.2) is 36.4 Å². The predicted molar refractivity (Wildman–Crippen MR) is 85.0 cm³/mol. The van der Waals surface area contributed by atoms with Crippen LogP contribution in [0.4, 0.5) is 4.39 Å². The number of hydrogen-bond acceptors (Lipinski definition) is 2. The van der Waals surface area contributed by atoms with Gasteiger partial charge in [0.1, 0.15) is 22.3 Å². The molecule has 0 heterocycles. The average molecular weight is 328 g/mol. The van der Waals surface area contributed by atoms with E-state index in [9.17, 15) is 4.39 Å². The van der Waals surface area contributed by atoms with Crippen molar-refractivity contribution in [2.24, 2.45) is 0 Å². The van der Waals surface area contributed by atoms with Crippen LogP contribution in [0.2, 0.25) is 10.0 Å². The highest BCUT2D eigenvalue weighted by atomic mass is 35.5. The minimum atomic E-state index is -0.306. The molecule has 0 amide bonds. The lowest BCUT2D eigenvalue weighted by Gasteiger charge is -2.18. The summed E-state index contributed by atoms with van der Waals surface area (Å²) in [6.45, 7) is 4.71. The molecule has 2 aromatic carbocycles. The first-order valence-electron chi connectivity index (χ1n) is 6.67. The van der Waals surface area contributed by atoms with Gasteiger partial charge < -0.3 is 10.1 Å². The number of rotatable bonds is 5. The Bertz CT molecular complexity index is 634. The molecule has 2 aromatic rings. The summed E-state index contributed by atoms with van der Waals surface area (Å²) in [6, 6.07) is 9.52. The Labute approximate surface area is 133 Å². The number of hydrogen-bond donors (Lipinski definition) is 1. The molecule has 2 rings (SSSR count). The minimum absolute atomic E-state index is 0.0429. The highest BCUT2D eigenvalue weighted by Crippen LogP contribution is 2.37. The van der Waals surface area contributed by atoms with Gasteiger partial charge in [0, 0.05) is 11.6 Å². The lowest BCUT2D eigenvalue weighted by molar-refractivity contribution is 0.460. The van der Waals surface area contributed by atoms with E-state index < -0.39 is 0 Å². The number of benzene rings is 2. The molecule has 0 saturated carbocycles. The molecule has 5 heteroatoms. The molecular formula is C16H16Cl2FNO. The summed E-state index contributed by atoms with van der Waals surface area (Å²) in [5.41, 5.74) is 0.730. The first kappa shape index (κ1) is 16.1. The van der Waals surface area contributed by atoms with E-state index in [0.29, 0.717) is 21.5 Å². The van der Waals surface area contributed by atoms with Gasteiger partial charge in [-0.2, -0.15) is 0 Å². The van der Waals surface area contributed by atoms with Crippen molar-refractivity contribution in [3.8, 4) is 11.5 Å². The van der Waals surface area contributed by atoms with Gasteiger partial charge in [-0.3, -0.25) is 0 Å². The second kappa shape index (κ2) is 7.12. The van der Waals surface area contributed by atoms with E-state index in [1.807, 2.05) is 13.8 Å². The molecule has 21 heavy (non-hydrogen) atoms. The van der Waals surface area contributed by atoms with Gasteiger partial charge in [0.05, 0.1) is 5.02 Å². The van der Waals surface area contributed by atoms with Gasteiger partial charge in [-0.05, 0) is 43.8 Å². The van der Waals surface area contributed by atoms with Crippen LogP contribution in [0.1, 0.15) is 25.5 Å².